The molecule has 0 radical (unpaired) electrons. The van der Waals surface area contributed by atoms with Crippen molar-refractivity contribution in [1.29, 1.82) is 0 Å². The summed E-state index contributed by atoms with van der Waals surface area (Å²) in [6, 6.07) is 14.3. The molecule has 2 aromatic rings. The van der Waals surface area contributed by atoms with Crippen LogP contribution in [0.2, 0.25) is 5.02 Å². The van der Waals surface area contributed by atoms with Crippen molar-refractivity contribution in [3.05, 3.63) is 64.7 Å². The van der Waals surface area contributed by atoms with Crippen LogP contribution < -0.4 is 11.1 Å². The molecule has 0 aromatic heterocycles. The average Bonchev–Trinajstić information content (AvgIpc) is 2.53. The lowest BCUT2D eigenvalue weighted by atomic mass is 10.1. The van der Waals surface area contributed by atoms with Crippen molar-refractivity contribution in [2.24, 2.45) is 5.73 Å². The van der Waals surface area contributed by atoms with Crippen molar-refractivity contribution in [3.8, 4) is 0 Å². The summed E-state index contributed by atoms with van der Waals surface area (Å²) in [6.07, 6.45) is 0. The number of thioether (sulfide) groups is 1. The molecule has 2 amide bonds. The highest BCUT2D eigenvalue weighted by molar-refractivity contribution is 8.00. The van der Waals surface area contributed by atoms with Crippen molar-refractivity contribution in [1.82, 2.24) is 5.32 Å². The van der Waals surface area contributed by atoms with Crippen LogP contribution in [0.4, 0.5) is 0 Å². The third-order valence-corrected chi connectivity index (χ3v) is 4.53. The van der Waals surface area contributed by atoms with Gasteiger partial charge >= 0.3 is 0 Å². The first-order valence-corrected chi connectivity index (χ1v) is 8.40. The highest BCUT2D eigenvalue weighted by Gasteiger charge is 2.15. The molecule has 0 aliphatic heterocycles. The summed E-state index contributed by atoms with van der Waals surface area (Å²) in [4.78, 5) is 24.2. The topological polar surface area (TPSA) is 72.2 Å². The van der Waals surface area contributed by atoms with Gasteiger partial charge < -0.3 is 11.1 Å². The molecule has 0 bridgehead atoms. The maximum atomic E-state index is 12.5. The largest absolute Gasteiger partial charge is 0.369 e. The van der Waals surface area contributed by atoms with Gasteiger partial charge in [-0.15, -0.1) is 11.8 Å². The van der Waals surface area contributed by atoms with E-state index in [4.69, 9.17) is 17.3 Å². The highest BCUT2D eigenvalue weighted by atomic mass is 35.5. The fourth-order valence-corrected chi connectivity index (χ4v) is 3.05. The lowest BCUT2D eigenvalue weighted by Gasteiger charge is -2.16. The zero-order valence-corrected chi connectivity index (χ0v) is 14.2. The summed E-state index contributed by atoms with van der Waals surface area (Å²) in [6.45, 7) is 1.89. The van der Waals surface area contributed by atoms with E-state index in [1.165, 1.54) is 11.8 Å². The van der Waals surface area contributed by atoms with E-state index < -0.39 is 5.91 Å². The van der Waals surface area contributed by atoms with Crippen LogP contribution in [0.25, 0.3) is 0 Å². The monoisotopic (exact) mass is 348 g/mol. The molecule has 2 aromatic carbocycles. The zero-order chi connectivity index (χ0) is 16.8. The zero-order valence-electron chi connectivity index (χ0n) is 12.6. The van der Waals surface area contributed by atoms with Gasteiger partial charge in [-0.3, -0.25) is 9.59 Å². The molecule has 0 aliphatic rings. The molecule has 0 saturated carbocycles. The van der Waals surface area contributed by atoms with Gasteiger partial charge in [-0.1, -0.05) is 35.9 Å². The summed E-state index contributed by atoms with van der Waals surface area (Å²) in [5.41, 5.74) is 6.61. The lowest BCUT2D eigenvalue weighted by Crippen LogP contribution is -2.27. The van der Waals surface area contributed by atoms with Crippen LogP contribution in [-0.4, -0.2) is 17.6 Å². The van der Waals surface area contributed by atoms with E-state index in [0.717, 1.165) is 10.5 Å². The molecule has 0 heterocycles. The van der Waals surface area contributed by atoms with Crippen molar-refractivity contribution in [2.75, 3.05) is 5.75 Å². The Morgan fingerprint density at radius 1 is 1.22 bits per heavy atom. The number of nitrogens with one attached hydrogen (secondary N) is 1. The van der Waals surface area contributed by atoms with Crippen molar-refractivity contribution >= 4 is 35.2 Å². The van der Waals surface area contributed by atoms with E-state index in [1.807, 2.05) is 31.2 Å². The molecule has 0 fully saturated rings. The molecule has 23 heavy (non-hydrogen) atoms. The van der Waals surface area contributed by atoms with Gasteiger partial charge in [0.05, 0.1) is 17.4 Å². The van der Waals surface area contributed by atoms with Gasteiger partial charge in [0.1, 0.15) is 0 Å². The van der Waals surface area contributed by atoms with Crippen molar-refractivity contribution in [3.63, 3.8) is 0 Å². The van der Waals surface area contributed by atoms with E-state index in [-0.39, 0.29) is 17.7 Å². The Morgan fingerprint density at radius 2 is 1.96 bits per heavy atom. The third kappa shape index (κ3) is 5.01. The van der Waals surface area contributed by atoms with Crippen LogP contribution >= 0.6 is 23.4 Å². The van der Waals surface area contributed by atoms with Crippen LogP contribution in [0.15, 0.2) is 53.4 Å². The van der Waals surface area contributed by atoms with E-state index in [9.17, 15) is 9.59 Å². The molecule has 6 heteroatoms. The molecular weight excluding hydrogens is 332 g/mol. The minimum absolute atomic E-state index is 0.133. The smallest absolute Gasteiger partial charge is 0.252 e. The number of rotatable bonds is 6. The summed E-state index contributed by atoms with van der Waals surface area (Å²) in [5.74, 6) is -0.490. The van der Waals surface area contributed by atoms with Gasteiger partial charge in [0.25, 0.3) is 5.91 Å². The van der Waals surface area contributed by atoms with E-state index in [0.29, 0.717) is 10.6 Å². The number of nitrogens with two attached hydrogens (primary N) is 1. The normalized spacial score (nSPS) is 11.7. The molecule has 0 saturated heterocycles. The van der Waals surface area contributed by atoms with Crippen LogP contribution in [0, 0.1) is 0 Å². The lowest BCUT2D eigenvalue weighted by molar-refractivity contribution is -0.115. The molecule has 3 N–H and O–H groups in total. The Hall–Kier alpha value is -1.98. The quantitative estimate of drug-likeness (QED) is 0.786. The Bertz CT molecular complexity index is 721. The summed E-state index contributed by atoms with van der Waals surface area (Å²) in [5, 5.41) is 3.57. The first-order valence-electron chi connectivity index (χ1n) is 7.04. The second-order valence-electron chi connectivity index (χ2n) is 5.00. The standard InChI is InChI=1S/C17H17ClN2O2S/c1-11(12-5-4-6-13(18)9-12)20-17(22)14-7-2-3-8-15(14)23-10-16(19)21/h2-9,11H,10H2,1H3,(H2,19,21)(H,20,22). The summed E-state index contributed by atoms with van der Waals surface area (Å²) >= 11 is 7.23. The van der Waals surface area contributed by atoms with Gasteiger partial charge in [-0.05, 0) is 36.8 Å². The van der Waals surface area contributed by atoms with Crippen molar-refractivity contribution < 1.29 is 9.59 Å². The summed E-state index contributed by atoms with van der Waals surface area (Å²) in [7, 11) is 0. The number of carbonyl (C=O) groups excluding carboxylic acids is 2. The van der Waals surface area contributed by atoms with E-state index >= 15 is 0 Å². The predicted molar refractivity (Wildman–Crippen MR) is 93.7 cm³/mol. The van der Waals surface area contributed by atoms with Crippen molar-refractivity contribution in [2.45, 2.75) is 17.9 Å². The molecular formula is C17H17ClN2O2S. The van der Waals surface area contributed by atoms with Crippen LogP contribution in [-0.2, 0) is 4.79 Å². The van der Waals surface area contributed by atoms with Crippen LogP contribution in [0.1, 0.15) is 28.9 Å². The maximum absolute atomic E-state index is 12.5. The predicted octanol–water partition coefficient (Wildman–Crippen LogP) is 3.41. The minimum atomic E-state index is -0.419. The number of amides is 2. The Morgan fingerprint density at radius 3 is 2.65 bits per heavy atom. The Kier molecular flexibility index (Phi) is 6.07. The number of benzene rings is 2. The Labute approximate surface area is 144 Å². The van der Waals surface area contributed by atoms with Gasteiger partial charge in [0, 0.05) is 9.92 Å². The molecule has 1 atom stereocenters. The molecule has 120 valence electrons. The van der Waals surface area contributed by atoms with E-state index in [1.54, 1.807) is 24.3 Å². The number of hydrogen-bond donors (Lipinski definition) is 2. The number of halogens is 1. The average molecular weight is 349 g/mol. The first kappa shape index (κ1) is 17.4. The fourth-order valence-electron chi connectivity index (χ4n) is 2.06. The second-order valence-corrected chi connectivity index (χ2v) is 6.45. The molecule has 0 aliphatic carbocycles. The molecule has 1 unspecified atom stereocenters. The van der Waals surface area contributed by atoms with Crippen LogP contribution in [0.3, 0.4) is 0 Å². The highest BCUT2D eigenvalue weighted by Crippen LogP contribution is 2.23. The second kappa shape index (κ2) is 8.04. The first-order chi connectivity index (χ1) is 11.0. The maximum Gasteiger partial charge on any atom is 0.252 e. The van der Waals surface area contributed by atoms with E-state index in [2.05, 4.69) is 5.32 Å². The van der Waals surface area contributed by atoms with Gasteiger partial charge in [0.2, 0.25) is 5.91 Å². The van der Waals surface area contributed by atoms with Crippen LogP contribution in [0.5, 0.6) is 0 Å². The van der Waals surface area contributed by atoms with Gasteiger partial charge in [-0.2, -0.15) is 0 Å². The molecule has 4 nitrogen and oxygen atoms in total. The number of primary amides is 1. The molecule has 0 spiro atoms. The molecule has 2 rings (SSSR count). The van der Waals surface area contributed by atoms with Gasteiger partial charge in [-0.25, -0.2) is 0 Å². The third-order valence-electron chi connectivity index (χ3n) is 3.20. The SMILES string of the molecule is CC(NC(=O)c1ccccc1SCC(N)=O)c1cccc(Cl)c1. The Balaban J connectivity index is 2.12. The fraction of sp³-hybridized carbons (Fsp3) is 0.176. The number of hydrogen-bond acceptors (Lipinski definition) is 3. The number of carbonyl (C=O) groups is 2. The summed E-state index contributed by atoms with van der Waals surface area (Å²) < 4.78 is 0. The van der Waals surface area contributed by atoms with Gasteiger partial charge in [0.15, 0.2) is 0 Å². The minimum Gasteiger partial charge on any atom is -0.369 e.